The smallest absolute Gasteiger partial charge is 0.0956 e. The second-order valence-corrected chi connectivity index (χ2v) is 8.21. The first-order valence-electron chi connectivity index (χ1n) is 10.5. The van der Waals surface area contributed by atoms with E-state index in [1.54, 1.807) is 0 Å². The first-order valence-corrected chi connectivity index (χ1v) is 10.5. The molecule has 1 atom stereocenters. The van der Waals surface area contributed by atoms with Gasteiger partial charge in [-0.05, 0) is 45.5 Å². The molecule has 0 spiro atoms. The Morgan fingerprint density at radius 3 is 2.61 bits per heavy atom. The Kier molecular flexibility index (Phi) is 5.91. The second kappa shape index (κ2) is 8.74. The summed E-state index contributed by atoms with van der Waals surface area (Å²) < 4.78 is 4.50. The lowest BCUT2D eigenvalue weighted by molar-refractivity contribution is 0.329. The second-order valence-electron chi connectivity index (χ2n) is 8.21. The molecule has 1 aliphatic carbocycles. The molecule has 1 unspecified atom stereocenters. The number of aromatic nitrogens is 4. The van der Waals surface area contributed by atoms with Crippen LogP contribution in [0.1, 0.15) is 56.2 Å². The summed E-state index contributed by atoms with van der Waals surface area (Å²) in [6.45, 7) is 1.03. The van der Waals surface area contributed by atoms with Gasteiger partial charge < -0.3 is 9.47 Å². The average Bonchev–Trinajstić information content (AvgIpc) is 3.39. The highest BCUT2D eigenvalue weighted by Gasteiger charge is 2.20. The fourth-order valence-electron chi connectivity index (χ4n) is 4.31. The van der Waals surface area contributed by atoms with E-state index < -0.39 is 0 Å². The summed E-state index contributed by atoms with van der Waals surface area (Å²) in [6.07, 6.45) is 15.7. The van der Waals surface area contributed by atoms with Crippen molar-refractivity contribution >= 4 is 0 Å². The molecule has 1 aliphatic rings. The van der Waals surface area contributed by atoms with Gasteiger partial charge >= 0.3 is 0 Å². The van der Waals surface area contributed by atoms with E-state index in [2.05, 4.69) is 69.8 Å². The lowest BCUT2D eigenvalue weighted by Crippen LogP contribution is -2.20. The van der Waals surface area contributed by atoms with Crippen LogP contribution in [0.5, 0.6) is 0 Å². The van der Waals surface area contributed by atoms with Gasteiger partial charge in [0.15, 0.2) is 0 Å². The Balaban J connectivity index is 1.63. The minimum Gasteiger partial charge on any atom is -0.323 e. The van der Waals surface area contributed by atoms with Crippen LogP contribution in [0, 0.1) is 0 Å². The molecule has 0 bridgehead atoms. The molecule has 2 heterocycles. The van der Waals surface area contributed by atoms with Crippen molar-refractivity contribution < 1.29 is 0 Å². The highest BCUT2D eigenvalue weighted by atomic mass is 15.3. The van der Waals surface area contributed by atoms with Gasteiger partial charge in [-0.15, -0.1) is 0 Å². The summed E-state index contributed by atoms with van der Waals surface area (Å²) in [5.41, 5.74) is 3.63. The first-order chi connectivity index (χ1) is 13.7. The van der Waals surface area contributed by atoms with E-state index in [0.717, 1.165) is 24.2 Å². The molecule has 0 amide bonds. The summed E-state index contributed by atoms with van der Waals surface area (Å²) in [4.78, 5) is 6.75. The van der Waals surface area contributed by atoms with Gasteiger partial charge in [-0.25, -0.2) is 4.98 Å². The third-order valence-corrected chi connectivity index (χ3v) is 5.88. The molecule has 5 nitrogen and oxygen atoms in total. The highest BCUT2D eigenvalue weighted by molar-refractivity contribution is 5.57. The van der Waals surface area contributed by atoms with Crippen LogP contribution < -0.4 is 0 Å². The third-order valence-electron chi connectivity index (χ3n) is 5.88. The Morgan fingerprint density at radius 2 is 1.86 bits per heavy atom. The van der Waals surface area contributed by atoms with Gasteiger partial charge in [0, 0.05) is 11.8 Å². The number of hydrogen-bond donors (Lipinski definition) is 0. The molecule has 28 heavy (non-hydrogen) atoms. The molecule has 2 aromatic heterocycles. The minimum atomic E-state index is 0.263. The predicted octanol–water partition coefficient (Wildman–Crippen LogP) is 4.79. The van der Waals surface area contributed by atoms with Crippen LogP contribution in [-0.4, -0.2) is 44.9 Å². The first kappa shape index (κ1) is 18.9. The molecule has 1 fully saturated rings. The molecule has 0 N–H and O–H groups in total. The lowest BCUT2D eigenvalue weighted by atomic mass is 9.96. The SMILES string of the molecule is CN(C)CCC(c1ccccc1)n1cncc1-c1cnn(C2CCCCC2)c1. The zero-order valence-electron chi connectivity index (χ0n) is 17.0. The number of nitrogens with zero attached hydrogens (tertiary/aromatic N) is 5. The quantitative estimate of drug-likeness (QED) is 0.594. The van der Waals surface area contributed by atoms with Gasteiger partial charge in [0.05, 0.1) is 36.5 Å². The number of imidazole rings is 1. The molecule has 3 aromatic rings. The predicted molar refractivity (Wildman–Crippen MR) is 113 cm³/mol. The van der Waals surface area contributed by atoms with Gasteiger partial charge in [-0.3, -0.25) is 4.68 Å². The van der Waals surface area contributed by atoms with Crippen LogP contribution in [0.3, 0.4) is 0 Å². The monoisotopic (exact) mass is 377 g/mol. The van der Waals surface area contributed by atoms with E-state index in [9.17, 15) is 0 Å². The normalized spacial score (nSPS) is 16.5. The van der Waals surface area contributed by atoms with Crippen LogP contribution in [0.2, 0.25) is 0 Å². The van der Waals surface area contributed by atoms with Crippen LogP contribution in [0.4, 0.5) is 0 Å². The highest BCUT2D eigenvalue weighted by Crippen LogP contribution is 2.31. The minimum absolute atomic E-state index is 0.263. The van der Waals surface area contributed by atoms with Crippen molar-refractivity contribution in [2.45, 2.75) is 50.6 Å². The molecule has 0 aliphatic heterocycles. The van der Waals surface area contributed by atoms with Gasteiger partial charge in [-0.1, -0.05) is 49.6 Å². The van der Waals surface area contributed by atoms with Crippen LogP contribution in [0.25, 0.3) is 11.3 Å². The summed E-state index contributed by atoms with van der Waals surface area (Å²) in [5.74, 6) is 0. The number of benzene rings is 1. The maximum Gasteiger partial charge on any atom is 0.0956 e. The zero-order chi connectivity index (χ0) is 19.3. The fourth-order valence-corrected chi connectivity index (χ4v) is 4.31. The summed E-state index contributed by atoms with van der Waals surface area (Å²) in [7, 11) is 4.26. The summed E-state index contributed by atoms with van der Waals surface area (Å²) >= 11 is 0. The van der Waals surface area contributed by atoms with Crippen molar-refractivity contribution in [3.63, 3.8) is 0 Å². The van der Waals surface area contributed by atoms with Crippen molar-refractivity contribution in [2.75, 3.05) is 20.6 Å². The Hall–Kier alpha value is -2.40. The summed E-state index contributed by atoms with van der Waals surface area (Å²) in [6, 6.07) is 11.6. The summed E-state index contributed by atoms with van der Waals surface area (Å²) in [5, 5.41) is 4.71. The molecule has 4 rings (SSSR count). The van der Waals surface area contributed by atoms with Crippen molar-refractivity contribution in [2.24, 2.45) is 0 Å². The molecule has 1 aromatic carbocycles. The van der Waals surface area contributed by atoms with E-state index in [0.29, 0.717) is 6.04 Å². The van der Waals surface area contributed by atoms with Gasteiger partial charge in [0.25, 0.3) is 0 Å². The van der Waals surface area contributed by atoms with E-state index in [-0.39, 0.29) is 6.04 Å². The molecule has 0 radical (unpaired) electrons. The number of rotatable bonds is 7. The third kappa shape index (κ3) is 4.20. The average molecular weight is 378 g/mol. The van der Waals surface area contributed by atoms with Crippen LogP contribution in [-0.2, 0) is 0 Å². The van der Waals surface area contributed by atoms with Crippen molar-refractivity contribution in [1.29, 1.82) is 0 Å². The Morgan fingerprint density at radius 1 is 1.07 bits per heavy atom. The maximum absolute atomic E-state index is 4.71. The Labute approximate surface area is 168 Å². The van der Waals surface area contributed by atoms with Crippen molar-refractivity contribution in [3.05, 3.63) is 60.8 Å². The number of hydrogen-bond acceptors (Lipinski definition) is 3. The Bertz CT molecular complexity index is 858. The molecule has 1 saturated carbocycles. The van der Waals surface area contributed by atoms with Crippen molar-refractivity contribution in [1.82, 2.24) is 24.2 Å². The molecule has 5 heteroatoms. The van der Waals surface area contributed by atoms with E-state index in [4.69, 9.17) is 5.10 Å². The largest absolute Gasteiger partial charge is 0.323 e. The molecule has 0 saturated heterocycles. The zero-order valence-corrected chi connectivity index (χ0v) is 17.0. The standard InChI is InChI=1S/C23H31N5/c1-26(2)14-13-22(19-9-5-3-6-10-19)27-18-24-16-23(27)20-15-25-28(17-20)21-11-7-4-8-12-21/h3,5-6,9-10,15-18,21-22H,4,7-8,11-14H2,1-2H3. The van der Waals surface area contributed by atoms with Gasteiger partial charge in [0.2, 0.25) is 0 Å². The van der Waals surface area contributed by atoms with Crippen LogP contribution in [0.15, 0.2) is 55.2 Å². The van der Waals surface area contributed by atoms with Gasteiger partial charge in [0.1, 0.15) is 0 Å². The fraction of sp³-hybridized carbons (Fsp3) is 0.478. The van der Waals surface area contributed by atoms with E-state index in [1.807, 2.05) is 18.7 Å². The van der Waals surface area contributed by atoms with Gasteiger partial charge in [-0.2, -0.15) is 5.10 Å². The molecular formula is C23H31N5. The van der Waals surface area contributed by atoms with E-state index >= 15 is 0 Å². The lowest BCUT2D eigenvalue weighted by Gasteiger charge is -2.23. The maximum atomic E-state index is 4.71. The van der Waals surface area contributed by atoms with Crippen molar-refractivity contribution in [3.8, 4) is 11.3 Å². The van der Waals surface area contributed by atoms with E-state index in [1.165, 1.54) is 37.7 Å². The van der Waals surface area contributed by atoms with Crippen LogP contribution >= 0.6 is 0 Å². The molecular weight excluding hydrogens is 346 g/mol. The molecule has 148 valence electrons. The topological polar surface area (TPSA) is 38.9 Å².